The summed E-state index contributed by atoms with van der Waals surface area (Å²) in [7, 11) is -2.15. The van der Waals surface area contributed by atoms with Gasteiger partial charge in [0.25, 0.3) is 0 Å². The molecule has 0 aliphatic carbocycles. The van der Waals surface area contributed by atoms with Crippen molar-refractivity contribution in [3.8, 4) is 0 Å². The fourth-order valence-electron chi connectivity index (χ4n) is 1.20. The molecule has 9 nitrogen and oxygen atoms in total. The third-order valence-electron chi connectivity index (χ3n) is 1.94. The largest absolute Gasteiger partial charge is 0.381 e. The van der Waals surface area contributed by atoms with Crippen LogP contribution in [0.4, 0.5) is 5.82 Å². The van der Waals surface area contributed by atoms with Crippen molar-refractivity contribution in [2.45, 2.75) is 11.4 Å². The Hall–Kier alpha value is -1.94. The minimum atomic E-state index is -3.73. The molecule has 3 N–H and O–H groups in total. The summed E-state index contributed by atoms with van der Waals surface area (Å²) in [6, 6.07) is 0. The Labute approximate surface area is 96.7 Å². The van der Waals surface area contributed by atoms with Crippen LogP contribution in [0.2, 0.25) is 0 Å². The van der Waals surface area contributed by atoms with E-state index in [-0.39, 0.29) is 23.1 Å². The molecule has 0 bridgehead atoms. The third kappa shape index (κ3) is 2.42. The lowest BCUT2D eigenvalue weighted by Gasteiger charge is -2.01. The summed E-state index contributed by atoms with van der Waals surface area (Å²) in [5.41, 5.74) is 5.48. The zero-order valence-electron chi connectivity index (χ0n) is 8.86. The van der Waals surface area contributed by atoms with Gasteiger partial charge >= 0.3 is 0 Å². The quantitative estimate of drug-likeness (QED) is 0.709. The van der Waals surface area contributed by atoms with E-state index in [0.717, 1.165) is 6.39 Å². The normalized spacial score (nSPS) is 11.8. The van der Waals surface area contributed by atoms with Gasteiger partial charge in [-0.3, -0.25) is 4.68 Å². The van der Waals surface area contributed by atoms with Gasteiger partial charge in [-0.05, 0) is 0 Å². The predicted molar refractivity (Wildman–Crippen MR) is 55.9 cm³/mol. The molecule has 0 atom stereocenters. The van der Waals surface area contributed by atoms with Crippen molar-refractivity contribution in [3.63, 3.8) is 0 Å². The van der Waals surface area contributed by atoms with E-state index in [0.29, 0.717) is 0 Å². The molecule has 0 radical (unpaired) electrons. The van der Waals surface area contributed by atoms with Crippen molar-refractivity contribution in [2.75, 3.05) is 5.73 Å². The molecule has 92 valence electrons. The number of nitrogens with one attached hydrogen (secondary N) is 1. The molecular weight excluding hydrogens is 248 g/mol. The SMILES string of the molecule is Cn1cc(S(=O)(=O)NCc2ncon2)c(N)n1. The van der Waals surface area contributed by atoms with E-state index in [4.69, 9.17) is 5.73 Å². The van der Waals surface area contributed by atoms with Gasteiger partial charge in [0.15, 0.2) is 11.6 Å². The van der Waals surface area contributed by atoms with Crippen LogP contribution in [0.1, 0.15) is 5.82 Å². The maximum absolute atomic E-state index is 11.8. The van der Waals surface area contributed by atoms with Gasteiger partial charge in [0.2, 0.25) is 16.4 Å². The van der Waals surface area contributed by atoms with Gasteiger partial charge in [-0.2, -0.15) is 10.1 Å². The second kappa shape index (κ2) is 4.14. The Morgan fingerprint density at radius 3 is 2.88 bits per heavy atom. The average Bonchev–Trinajstić information content (AvgIpc) is 2.85. The van der Waals surface area contributed by atoms with Crippen LogP contribution in [-0.4, -0.2) is 28.3 Å². The molecule has 10 heteroatoms. The molecule has 0 fully saturated rings. The lowest BCUT2D eigenvalue weighted by Crippen LogP contribution is -2.24. The Kier molecular flexibility index (Phi) is 2.81. The smallest absolute Gasteiger partial charge is 0.246 e. The van der Waals surface area contributed by atoms with E-state index < -0.39 is 10.0 Å². The lowest BCUT2D eigenvalue weighted by atomic mass is 10.6. The average molecular weight is 258 g/mol. The highest BCUT2D eigenvalue weighted by Gasteiger charge is 2.20. The summed E-state index contributed by atoms with van der Waals surface area (Å²) in [6.45, 7) is -0.0762. The van der Waals surface area contributed by atoms with Gasteiger partial charge in [0.1, 0.15) is 4.90 Å². The predicted octanol–water partition coefficient (Wildman–Crippen LogP) is -1.14. The van der Waals surface area contributed by atoms with Gasteiger partial charge in [-0.15, -0.1) is 0 Å². The monoisotopic (exact) mass is 258 g/mol. The van der Waals surface area contributed by atoms with Crippen LogP contribution in [0, 0.1) is 0 Å². The summed E-state index contributed by atoms with van der Waals surface area (Å²) in [5, 5.41) is 7.22. The molecular formula is C7H10N6O3S. The second-order valence-electron chi connectivity index (χ2n) is 3.22. The van der Waals surface area contributed by atoms with Crippen LogP contribution in [0.5, 0.6) is 0 Å². The lowest BCUT2D eigenvalue weighted by molar-refractivity contribution is 0.409. The molecule has 0 saturated carbocycles. The molecule has 0 aliphatic rings. The molecule has 0 aromatic carbocycles. The van der Waals surface area contributed by atoms with Crippen LogP contribution in [-0.2, 0) is 23.6 Å². The molecule has 0 saturated heterocycles. The van der Waals surface area contributed by atoms with Crippen LogP contribution in [0.15, 0.2) is 22.0 Å². The number of hydrogen-bond donors (Lipinski definition) is 2. The topological polar surface area (TPSA) is 129 Å². The first-order valence-corrected chi connectivity index (χ1v) is 6.01. The van der Waals surface area contributed by atoms with Crippen LogP contribution in [0.25, 0.3) is 0 Å². The van der Waals surface area contributed by atoms with E-state index in [1.54, 1.807) is 7.05 Å². The molecule has 17 heavy (non-hydrogen) atoms. The Balaban J connectivity index is 2.17. The standard InChI is InChI=1S/C7H10N6O3S/c1-13-3-5(7(8)11-13)17(14,15)10-2-6-9-4-16-12-6/h3-4,10H,2H2,1H3,(H2,8,11). The van der Waals surface area contributed by atoms with Crippen molar-refractivity contribution < 1.29 is 12.9 Å². The first kappa shape index (κ1) is 11.5. The van der Waals surface area contributed by atoms with Gasteiger partial charge < -0.3 is 10.3 Å². The second-order valence-corrected chi connectivity index (χ2v) is 4.96. The fourth-order valence-corrected chi connectivity index (χ4v) is 2.28. The fraction of sp³-hybridized carbons (Fsp3) is 0.286. The van der Waals surface area contributed by atoms with E-state index in [9.17, 15) is 8.42 Å². The molecule has 2 heterocycles. The molecule has 0 amide bonds. The van der Waals surface area contributed by atoms with E-state index in [1.807, 2.05) is 0 Å². The number of nitrogens with zero attached hydrogens (tertiary/aromatic N) is 4. The number of nitrogen functional groups attached to an aromatic ring is 1. The van der Waals surface area contributed by atoms with Crippen LogP contribution in [0.3, 0.4) is 0 Å². The first-order chi connectivity index (χ1) is 7.99. The summed E-state index contributed by atoms with van der Waals surface area (Å²) in [4.78, 5) is 3.60. The highest BCUT2D eigenvalue weighted by Crippen LogP contribution is 2.15. The number of nitrogens with two attached hydrogens (primary N) is 1. The van der Waals surface area contributed by atoms with Crippen LogP contribution >= 0.6 is 0 Å². The van der Waals surface area contributed by atoms with Gasteiger partial charge in [0.05, 0.1) is 6.54 Å². The Morgan fingerprint density at radius 1 is 1.59 bits per heavy atom. The third-order valence-corrected chi connectivity index (χ3v) is 3.36. The Morgan fingerprint density at radius 2 is 2.35 bits per heavy atom. The van der Waals surface area contributed by atoms with E-state index >= 15 is 0 Å². The number of hydrogen-bond acceptors (Lipinski definition) is 7. The molecule has 0 aliphatic heterocycles. The van der Waals surface area contributed by atoms with Gasteiger partial charge in [0, 0.05) is 13.2 Å². The minimum absolute atomic E-state index is 0.0619. The molecule has 2 aromatic heterocycles. The molecule has 0 spiro atoms. The zero-order chi connectivity index (χ0) is 12.5. The molecule has 2 rings (SSSR count). The number of aromatic nitrogens is 4. The Bertz CT molecular complexity index is 602. The number of rotatable bonds is 4. The van der Waals surface area contributed by atoms with Crippen molar-refractivity contribution >= 4 is 15.8 Å². The van der Waals surface area contributed by atoms with Gasteiger partial charge in [-0.25, -0.2) is 13.1 Å². The van der Waals surface area contributed by atoms with Gasteiger partial charge in [-0.1, -0.05) is 5.16 Å². The number of sulfonamides is 1. The summed E-state index contributed by atoms with van der Waals surface area (Å²) >= 11 is 0. The maximum Gasteiger partial charge on any atom is 0.246 e. The maximum atomic E-state index is 11.8. The summed E-state index contributed by atoms with van der Waals surface area (Å²) in [6.07, 6.45) is 2.43. The highest BCUT2D eigenvalue weighted by molar-refractivity contribution is 7.89. The minimum Gasteiger partial charge on any atom is -0.381 e. The highest BCUT2D eigenvalue weighted by atomic mass is 32.2. The van der Waals surface area contributed by atoms with Crippen molar-refractivity contribution in [2.24, 2.45) is 7.05 Å². The van der Waals surface area contributed by atoms with Crippen molar-refractivity contribution in [1.29, 1.82) is 0 Å². The molecule has 0 unspecified atom stereocenters. The summed E-state index contributed by atoms with van der Waals surface area (Å²) in [5.74, 6) is 0.171. The summed E-state index contributed by atoms with van der Waals surface area (Å²) < 4.78 is 31.7. The van der Waals surface area contributed by atoms with E-state index in [2.05, 4.69) is 24.5 Å². The van der Waals surface area contributed by atoms with Crippen molar-refractivity contribution in [1.82, 2.24) is 24.6 Å². The number of anilines is 1. The van der Waals surface area contributed by atoms with E-state index in [1.165, 1.54) is 10.9 Å². The molecule has 2 aromatic rings. The first-order valence-electron chi connectivity index (χ1n) is 4.53. The number of aryl methyl sites for hydroxylation is 1. The zero-order valence-corrected chi connectivity index (χ0v) is 9.68. The van der Waals surface area contributed by atoms with Crippen molar-refractivity contribution in [3.05, 3.63) is 18.4 Å². The van der Waals surface area contributed by atoms with Crippen LogP contribution < -0.4 is 10.5 Å².